The average Bonchev–Trinajstić information content (AvgIpc) is 2.73. The van der Waals surface area contributed by atoms with Gasteiger partial charge in [0.1, 0.15) is 10.8 Å². The van der Waals surface area contributed by atoms with E-state index < -0.39 is 11.6 Å². The first-order valence-electron chi connectivity index (χ1n) is 9.27. The lowest BCUT2D eigenvalue weighted by molar-refractivity contribution is -0.270. The van der Waals surface area contributed by atoms with Crippen molar-refractivity contribution in [3.05, 3.63) is 40.8 Å². The number of benzene rings is 1. The van der Waals surface area contributed by atoms with Crippen molar-refractivity contribution in [2.24, 2.45) is 9.98 Å². The fourth-order valence-corrected chi connectivity index (χ4v) is 2.41. The zero-order valence-corrected chi connectivity index (χ0v) is 20.6. The summed E-state index contributed by atoms with van der Waals surface area (Å²) in [4.78, 5) is 18.0. The monoisotopic (exact) mass is 446 g/mol. The molecule has 5 nitrogen and oxygen atoms in total. The van der Waals surface area contributed by atoms with Gasteiger partial charge in [0.15, 0.2) is 18.3 Å². The van der Waals surface area contributed by atoms with Crippen LogP contribution in [0.1, 0.15) is 45.7 Å². The van der Waals surface area contributed by atoms with Gasteiger partial charge >= 0.3 is 0 Å². The van der Waals surface area contributed by atoms with Crippen molar-refractivity contribution in [1.29, 1.82) is 0 Å². The molecule has 29 heavy (non-hydrogen) atoms. The molecule has 0 fully saturated rings. The molecule has 0 radical (unpaired) electrons. The number of aryl methyl sites for hydroxylation is 1. The Morgan fingerprint density at radius 3 is 2.28 bits per heavy atom. The van der Waals surface area contributed by atoms with Crippen molar-refractivity contribution in [3.63, 3.8) is 0 Å². The van der Waals surface area contributed by atoms with E-state index >= 15 is 0 Å². The topological polar surface area (TPSA) is 63.4 Å². The van der Waals surface area contributed by atoms with Crippen LogP contribution in [0.15, 0.2) is 33.9 Å². The van der Waals surface area contributed by atoms with Crippen LogP contribution >= 0.6 is 23.5 Å². The highest BCUT2D eigenvalue weighted by molar-refractivity contribution is 8.15. The highest BCUT2D eigenvalue weighted by atomic mass is 32.2. The number of phenols is 1. The molecule has 0 heterocycles. The highest BCUT2D eigenvalue weighted by Crippen LogP contribution is 2.25. The van der Waals surface area contributed by atoms with Gasteiger partial charge in [-0.25, -0.2) is 19.2 Å². The minimum Gasteiger partial charge on any atom is -0.505 e. The Hall–Kier alpha value is -1.35. The van der Waals surface area contributed by atoms with Crippen LogP contribution in [-0.2, 0) is 16.2 Å². The lowest BCUT2D eigenvalue weighted by atomic mass is 10.0. The van der Waals surface area contributed by atoms with Crippen LogP contribution in [0.5, 0.6) is 5.75 Å². The normalized spacial score (nSPS) is 12.0. The van der Waals surface area contributed by atoms with E-state index in [1.807, 2.05) is 59.5 Å². The van der Waals surface area contributed by atoms with Crippen molar-refractivity contribution in [1.82, 2.24) is 0 Å². The third-order valence-electron chi connectivity index (χ3n) is 3.26. The second-order valence-electron chi connectivity index (χ2n) is 5.21. The summed E-state index contributed by atoms with van der Waals surface area (Å²) in [5.41, 5.74) is 2.07. The van der Waals surface area contributed by atoms with Gasteiger partial charge in [-0.15, -0.1) is 11.8 Å². The maximum Gasteiger partial charge on any atom is 0.174 e. The molecule has 0 aliphatic carbocycles. The number of hydrogen-bond donors (Lipinski definition) is 1. The van der Waals surface area contributed by atoms with Crippen LogP contribution in [0.2, 0.25) is 0 Å². The van der Waals surface area contributed by atoms with Gasteiger partial charge in [0.2, 0.25) is 0 Å². The lowest BCUT2D eigenvalue weighted by Crippen LogP contribution is -2.16. The molecule has 0 aliphatic rings. The van der Waals surface area contributed by atoms with E-state index in [-0.39, 0.29) is 12.3 Å². The van der Waals surface area contributed by atoms with Crippen molar-refractivity contribution in [2.45, 2.75) is 41.0 Å². The van der Waals surface area contributed by atoms with Crippen LogP contribution in [0, 0.1) is 5.82 Å². The number of halogens is 1. The lowest BCUT2D eigenvalue weighted by Gasteiger charge is -2.12. The molecule has 0 saturated carbocycles. The first-order chi connectivity index (χ1) is 13.9. The van der Waals surface area contributed by atoms with E-state index in [1.165, 1.54) is 24.9 Å². The van der Waals surface area contributed by atoms with Gasteiger partial charge in [0.05, 0.1) is 7.11 Å². The maximum absolute atomic E-state index is 14.5. The second-order valence-corrected chi connectivity index (χ2v) is 6.82. The van der Waals surface area contributed by atoms with Crippen molar-refractivity contribution in [3.8, 4) is 5.75 Å². The number of nitrogens with zero attached hydrogens (tertiary/aromatic N) is 2. The quantitative estimate of drug-likeness (QED) is 0.180. The largest absolute Gasteiger partial charge is 0.505 e. The zero-order valence-electron chi connectivity index (χ0n) is 19.0. The average molecular weight is 447 g/mol. The third-order valence-corrected chi connectivity index (χ3v) is 3.97. The van der Waals surface area contributed by atoms with Crippen LogP contribution in [-0.4, -0.2) is 48.5 Å². The molecule has 0 amide bonds. The highest BCUT2D eigenvalue weighted by Gasteiger charge is 2.19. The number of thioether (sulfide) groups is 2. The molecular formula is C21H35FN2O3S2. The molecule has 0 bridgehead atoms. The van der Waals surface area contributed by atoms with E-state index in [2.05, 4.69) is 14.9 Å². The minimum absolute atomic E-state index is 0.0400. The number of aromatic hydroxyl groups is 1. The summed E-state index contributed by atoms with van der Waals surface area (Å²) in [5, 5.41) is 10.4. The summed E-state index contributed by atoms with van der Waals surface area (Å²) in [6.07, 6.45) is 8.37. The molecular weight excluding hydrogens is 411 g/mol. The molecule has 0 unspecified atom stereocenters. The molecule has 1 N–H and O–H groups in total. The summed E-state index contributed by atoms with van der Waals surface area (Å²) < 4.78 is 14.5. The second kappa shape index (κ2) is 18.7. The number of phenolic OH excluding ortho intramolecular Hbond substituents is 1. The molecule has 0 saturated heterocycles. The van der Waals surface area contributed by atoms with Gasteiger partial charge < -0.3 is 5.11 Å². The summed E-state index contributed by atoms with van der Waals surface area (Å²) in [6.45, 7) is 9.55. The van der Waals surface area contributed by atoms with Crippen LogP contribution in [0.4, 0.5) is 4.39 Å². The van der Waals surface area contributed by atoms with E-state index in [1.54, 1.807) is 17.8 Å². The molecule has 0 atom stereocenters. The first-order valence-corrected chi connectivity index (χ1v) is 12.1. The standard InChI is InChI=1S/C17H23FN2O3S.C2H6S.C2H6/c1-6-11(3)20-16(17(24-5)19-10-23-22-4)13-8-12(7-2)9-14(21)15(13)18;1-3-2;1-2/h6,8-9,21H,7,10H2,1-5H3;1-2H3;1-2H3/b11-6+,19-17-,20-16-;;. The van der Waals surface area contributed by atoms with Gasteiger partial charge in [-0.3, -0.25) is 4.99 Å². The van der Waals surface area contributed by atoms with Crippen LogP contribution < -0.4 is 0 Å². The predicted octanol–water partition coefficient (Wildman–Crippen LogP) is 6.11. The summed E-state index contributed by atoms with van der Waals surface area (Å²) in [6, 6.07) is 3.10. The third kappa shape index (κ3) is 11.4. The number of allylic oxidation sites excluding steroid dienone is 2. The Labute approximate surface area is 183 Å². The molecule has 8 heteroatoms. The van der Waals surface area contributed by atoms with E-state index in [0.717, 1.165) is 5.56 Å². The Morgan fingerprint density at radius 2 is 1.83 bits per heavy atom. The molecule has 166 valence electrons. The first kappa shape index (κ1) is 29.8. The fraction of sp³-hybridized carbons (Fsp3) is 0.524. The van der Waals surface area contributed by atoms with Gasteiger partial charge in [-0.1, -0.05) is 26.8 Å². The van der Waals surface area contributed by atoms with E-state index in [9.17, 15) is 9.50 Å². The SMILES string of the molecule is C/C=C(C)/N=C(\C(=N\COOC)SC)c1cc(CC)cc(O)c1F.CC.CSC. The summed E-state index contributed by atoms with van der Waals surface area (Å²) >= 11 is 3.06. The Balaban J connectivity index is 0. The number of hydrogen-bond acceptors (Lipinski definition) is 7. The number of rotatable bonds is 7. The van der Waals surface area contributed by atoms with Crippen LogP contribution in [0.25, 0.3) is 0 Å². The minimum atomic E-state index is -0.718. The Morgan fingerprint density at radius 1 is 1.24 bits per heavy atom. The van der Waals surface area contributed by atoms with Crippen molar-refractivity contribution >= 4 is 34.3 Å². The van der Waals surface area contributed by atoms with E-state index in [0.29, 0.717) is 22.9 Å². The van der Waals surface area contributed by atoms with Gasteiger partial charge in [-0.2, -0.15) is 11.8 Å². The number of aliphatic imine (C=N–C) groups is 2. The smallest absolute Gasteiger partial charge is 0.174 e. The fourth-order valence-electron chi connectivity index (χ4n) is 1.88. The molecule has 0 aromatic heterocycles. The molecule has 1 rings (SSSR count). The van der Waals surface area contributed by atoms with Crippen molar-refractivity contribution < 1.29 is 19.3 Å². The van der Waals surface area contributed by atoms with Gasteiger partial charge in [-0.05, 0) is 56.7 Å². The van der Waals surface area contributed by atoms with Gasteiger partial charge in [0, 0.05) is 11.3 Å². The Kier molecular flexibility index (Phi) is 19.2. The zero-order chi connectivity index (χ0) is 22.8. The van der Waals surface area contributed by atoms with E-state index in [4.69, 9.17) is 4.89 Å². The molecule has 1 aromatic rings. The molecule has 1 aromatic carbocycles. The Bertz CT molecular complexity index is 678. The summed E-state index contributed by atoms with van der Waals surface area (Å²) in [7, 11) is 1.38. The predicted molar refractivity (Wildman–Crippen MR) is 128 cm³/mol. The maximum atomic E-state index is 14.5. The molecule has 0 aliphatic heterocycles. The van der Waals surface area contributed by atoms with Crippen molar-refractivity contribution in [2.75, 3.05) is 32.6 Å². The van der Waals surface area contributed by atoms with Crippen LogP contribution in [0.3, 0.4) is 0 Å². The van der Waals surface area contributed by atoms with Gasteiger partial charge in [0.25, 0.3) is 0 Å². The summed E-state index contributed by atoms with van der Waals surface area (Å²) in [5.74, 6) is -1.12. The molecule has 0 spiro atoms.